The summed E-state index contributed by atoms with van der Waals surface area (Å²) >= 11 is 0. The number of fused-ring (bicyclic) bond motifs is 1. The highest BCUT2D eigenvalue weighted by molar-refractivity contribution is 5.94. The van der Waals surface area contributed by atoms with Gasteiger partial charge in [0.05, 0.1) is 0 Å². The lowest BCUT2D eigenvalue weighted by Crippen LogP contribution is -2.37. The Labute approximate surface area is 202 Å². The fraction of sp³-hybridized carbons (Fsp3) is 0.407. The topological polar surface area (TPSA) is 65.5 Å². The van der Waals surface area contributed by atoms with E-state index in [9.17, 15) is 4.79 Å². The van der Waals surface area contributed by atoms with E-state index in [2.05, 4.69) is 62.9 Å². The van der Waals surface area contributed by atoms with Crippen LogP contribution >= 0.6 is 0 Å². The summed E-state index contributed by atoms with van der Waals surface area (Å²) in [5.41, 5.74) is 3.37. The predicted molar refractivity (Wildman–Crippen MR) is 135 cm³/mol. The highest BCUT2D eigenvalue weighted by atomic mass is 16.2. The van der Waals surface area contributed by atoms with E-state index >= 15 is 0 Å². The number of aromatic nitrogens is 3. The molecule has 3 aromatic rings. The molecule has 3 heterocycles. The molecule has 1 aromatic carbocycles. The van der Waals surface area contributed by atoms with Crippen molar-refractivity contribution in [3.05, 3.63) is 78.4 Å². The number of carbonyl (C=O) groups excluding carboxylic acids is 1. The van der Waals surface area contributed by atoms with Crippen molar-refractivity contribution in [1.82, 2.24) is 19.9 Å². The summed E-state index contributed by atoms with van der Waals surface area (Å²) in [4.78, 5) is 33.3. The van der Waals surface area contributed by atoms with E-state index in [-0.39, 0.29) is 5.91 Å². The van der Waals surface area contributed by atoms with E-state index in [1.807, 2.05) is 29.3 Å². The molecule has 0 fully saturated rings. The Hall–Kier alpha value is -3.32. The lowest BCUT2D eigenvalue weighted by atomic mass is 10.1. The normalized spacial score (nSPS) is 15.6. The number of benzene rings is 1. The Kier molecular flexibility index (Phi) is 8.20. The molecule has 2 aromatic heterocycles. The summed E-state index contributed by atoms with van der Waals surface area (Å²) in [6.45, 7) is 8.85. The standard InChI is InChI=1S/C27H34N6O/c1-22(2)18-26(34)33-15-7-14-32(27-29-12-6-13-30-27)17-16-31(20-23-8-5-11-28-19-23)21-24-9-3-4-10-25(24)33/h3-6,8-13,19,22H,7,14-18,20-21H2,1-2H3. The second kappa shape index (κ2) is 11.7. The molecular formula is C27H34N6O. The van der Waals surface area contributed by atoms with Gasteiger partial charge in [-0.05, 0) is 41.7 Å². The van der Waals surface area contributed by atoms with E-state index in [0.29, 0.717) is 18.9 Å². The third kappa shape index (κ3) is 6.38. The maximum Gasteiger partial charge on any atom is 0.227 e. The van der Waals surface area contributed by atoms with Crippen molar-refractivity contribution in [3.8, 4) is 0 Å². The Morgan fingerprint density at radius 2 is 1.76 bits per heavy atom. The van der Waals surface area contributed by atoms with Gasteiger partial charge in [-0.1, -0.05) is 38.1 Å². The smallest absolute Gasteiger partial charge is 0.227 e. The number of rotatable bonds is 5. The van der Waals surface area contributed by atoms with E-state index < -0.39 is 0 Å². The van der Waals surface area contributed by atoms with Crippen molar-refractivity contribution in [3.63, 3.8) is 0 Å². The zero-order chi connectivity index (χ0) is 23.8. The Balaban J connectivity index is 1.66. The van der Waals surface area contributed by atoms with Crippen molar-refractivity contribution in [2.75, 3.05) is 36.0 Å². The second-order valence-corrected chi connectivity index (χ2v) is 9.23. The molecule has 1 aliphatic rings. The molecule has 178 valence electrons. The van der Waals surface area contributed by atoms with Crippen LogP contribution in [0.3, 0.4) is 0 Å². The number of carbonyl (C=O) groups is 1. The van der Waals surface area contributed by atoms with Gasteiger partial charge < -0.3 is 9.80 Å². The molecule has 34 heavy (non-hydrogen) atoms. The summed E-state index contributed by atoms with van der Waals surface area (Å²) in [6, 6.07) is 14.3. The van der Waals surface area contributed by atoms with Crippen LogP contribution in [-0.2, 0) is 17.9 Å². The Morgan fingerprint density at radius 3 is 2.53 bits per heavy atom. The minimum Gasteiger partial charge on any atom is -0.339 e. The van der Waals surface area contributed by atoms with E-state index in [4.69, 9.17) is 0 Å². The van der Waals surface area contributed by atoms with E-state index in [1.54, 1.807) is 18.6 Å². The van der Waals surface area contributed by atoms with Gasteiger partial charge >= 0.3 is 0 Å². The molecule has 4 rings (SSSR count). The number of amides is 1. The average Bonchev–Trinajstić information content (AvgIpc) is 2.88. The third-order valence-corrected chi connectivity index (χ3v) is 6.02. The van der Waals surface area contributed by atoms with Crippen LogP contribution in [0.15, 0.2) is 67.3 Å². The van der Waals surface area contributed by atoms with Crippen molar-refractivity contribution in [2.45, 2.75) is 39.8 Å². The quantitative estimate of drug-likeness (QED) is 0.572. The highest BCUT2D eigenvalue weighted by Crippen LogP contribution is 2.25. The van der Waals surface area contributed by atoms with Gasteiger partial charge in [0.2, 0.25) is 11.9 Å². The molecule has 0 atom stereocenters. The van der Waals surface area contributed by atoms with Crippen LogP contribution in [0.2, 0.25) is 0 Å². The second-order valence-electron chi connectivity index (χ2n) is 9.23. The minimum absolute atomic E-state index is 0.183. The molecule has 0 N–H and O–H groups in total. The zero-order valence-electron chi connectivity index (χ0n) is 20.2. The van der Waals surface area contributed by atoms with Crippen LogP contribution in [0.5, 0.6) is 0 Å². The van der Waals surface area contributed by atoms with Crippen molar-refractivity contribution >= 4 is 17.5 Å². The average molecular weight is 459 g/mol. The van der Waals surface area contributed by atoms with E-state index in [0.717, 1.165) is 50.8 Å². The maximum atomic E-state index is 13.3. The largest absolute Gasteiger partial charge is 0.339 e. The molecule has 0 spiro atoms. The Morgan fingerprint density at radius 1 is 0.941 bits per heavy atom. The number of nitrogens with zero attached hydrogens (tertiary/aromatic N) is 6. The van der Waals surface area contributed by atoms with Gasteiger partial charge in [0, 0.05) is 76.2 Å². The maximum absolute atomic E-state index is 13.3. The van der Waals surface area contributed by atoms with Gasteiger partial charge in [-0.3, -0.25) is 14.7 Å². The van der Waals surface area contributed by atoms with Gasteiger partial charge in [-0.25, -0.2) is 9.97 Å². The molecule has 1 aliphatic heterocycles. The fourth-order valence-corrected chi connectivity index (χ4v) is 4.40. The Bertz CT molecular complexity index is 1040. The monoisotopic (exact) mass is 458 g/mol. The molecular weight excluding hydrogens is 424 g/mol. The van der Waals surface area contributed by atoms with E-state index in [1.165, 1.54) is 11.1 Å². The lowest BCUT2D eigenvalue weighted by molar-refractivity contribution is -0.119. The van der Waals surface area contributed by atoms with Gasteiger partial charge in [-0.2, -0.15) is 0 Å². The molecule has 0 radical (unpaired) electrons. The first-order chi connectivity index (χ1) is 16.6. The van der Waals surface area contributed by atoms with Crippen molar-refractivity contribution < 1.29 is 4.79 Å². The van der Waals surface area contributed by atoms with Gasteiger partial charge in [0.1, 0.15) is 0 Å². The fourth-order valence-electron chi connectivity index (χ4n) is 4.40. The molecule has 0 bridgehead atoms. The first-order valence-electron chi connectivity index (χ1n) is 12.1. The van der Waals surface area contributed by atoms with Gasteiger partial charge in [0.15, 0.2) is 0 Å². The zero-order valence-corrected chi connectivity index (χ0v) is 20.2. The summed E-state index contributed by atoms with van der Waals surface area (Å²) in [6.07, 6.45) is 8.69. The van der Waals surface area contributed by atoms with Gasteiger partial charge in [-0.15, -0.1) is 0 Å². The molecule has 1 amide bonds. The number of hydrogen-bond acceptors (Lipinski definition) is 6. The number of pyridine rings is 1. The van der Waals surface area contributed by atoms with Crippen LogP contribution in [0.1, 0.15) is 37.8 Å². The third-order valence-electron chi connectivity index (χ3n) is 6.02. The first kappa shape index (κ1) is 23.8. The first-order valence-corrected chi connectivity index (χ1v) is 12.1. The summed E-state index contributed by atoms with van der Waals surface area (Å²) < 4.78 is 0. The lowest BCUT2D eigenvalue weighted by Gasteiger charge is -2.28. The van der Waals surface area contributed by atoms with Gasteiger partial charge in [0.25, 0.3) is 0 Å². The van der Waals surface area contributed by atoms with Crippen molar-refractivity contribution in [1.29, 1.82) is 0 Å². The van der Waals surface area contributed by atoms with Crippen LogP contribution in [-0.4, -0.2) is 51.9 Å². The molecule has 7 heteroatoms. The summed E-state index contributed by atoms with van der Waals surface area (Å²) in [5.74, 6) is 1.23. The van der Waals surface area contributed by atoms with Crippen LogP contribution < -0.4 is 9.80 Å². The summed E-state index contributed by atoms with van der Waals surface area (Å²) in [7, 11) is 0. The molecule has 0 unspecified atom stereocenters. The highest BCUT2D eigenvalue weighted by Gasteiger charge is 2.23. The molecule has 0 saturated carbocycles. The minimum atomic E-state index is 0.183. The summed E-state index contributed by atoms with van der Waals surface area (Å²) in [5, 5.41) is 0. The molecule has 0 saturated heterocycles. The SMILES string of the molecule is CC(C)CC(=O)N1CCCN(c2ncccn2)CCN(Cc2cccnc2)Cc2ccccc21. The van der Waals surface area contributed by atoms with Crippen LogP contribution in [0.25, 0.3) is 0 Å². The number of hydrogen-bond donors (Lipinski definition) is 0. The van der Waals surface area contributed by atoms with Crippen LogP contribution in [0, 0.1) is 5.92 Å². The predicted octanol–water partition coefficient (Wildman–Crippen LogP) is 4.16. The number of anilines is 2. The molecule has 7 nitrogen and oxygen atoms in total. The van der Waals surface area contributed by atoms with Crippen molar-refractivity contribution in [2.24, 2.45) is 5.92 Å². The van der Waals surface area contributed by atoms with Crippen LogP contribution in [0.4, 0.5) is 11.6 Å². The number of para-hydroxylation sites is 1. The molecule has 0 aliphatic carbocycles.